The standard InChI is InChI=1S/C21H17ClFN5O2/c1-11-9-12(2)28(26-11)17-8-7-14(10-24-17)25-21(29)18-13(3)30-27-20(18)19-15(22)5-4-6-16(19)23/h4-10H,1-3H3,(H,25,29). The maximum atomic E-state index is 14.3. The Morgan fingerprint density at radius 1 is 1.20 bits per heavy atom. The number of nitrogens with one attached hydrogen (secondary N) is 1. The van der Waals surface area contributed by atoms with Crippen molar-refractivity contribution in [3.63, 3.8) is 0 Å². The summed E-state index contributed by atoms with van der Waals surface area (Å²) in [4.78, 5) is 17.3. The van der Waals surface area contributed by atoms with E-state index < -0.39 is 11.7 Å². The molecule has 3 aromatic heterocycles. The lowest BCUT2D eigenvalue weighted by atomic mass is 10.0. The van der Waals surface area contributed by atoms with Gasteiger partial charge in [0, 0.05) is 5.69 Å². The second-order valence-corrected chi connectivity index (χ2v) is 7.16. The van der Waals surface area contributed by atoms with Crippen LogP contribution in [-0.4, -0.2) is 25.8 Å². The molecule has 1 amide bonds. The Morgan fingerprint density at radius 2 is 2.00 bits per heavy atom. The van der Waals surface area contributed by atoms with Crippen molar-refractivity contribution < 1.29 is 13.7 Å². The molecule has 1 aromatic carbocycles. The van der Waals surface area contributed by atoms with Gasteiger partial charge < -0.3 is 9.84 Å². The van der Waals surface area contributed by atoms with Gasteiger partial charge in [0.1, 0.15) is 22.8 Å². The molecule has 0 saturated carbocycles. The topological polar surface area (TPSA) is 85.8 Å². The van der Waals surface area contributed by atoms with Gasteiger partial charge >= 0.3 is 0 Å². The smallest absolute Gasteiger partial charge is 0.261 e. The number of amides is 1. The largest absolute Gasteiger partial charge is 0.360 e. The van der Waals surface area contributed by atoms with Crippen LogP contribution in [0, 0.1) is 26.6 Å². The number of aryl methyl sites for hydroxylation is 3. The highest BCUT2D eigenvalue weighted by molar-refractivity contribution is 6.33. The average molecular weight is 426 g/mol. The highest BCUT2D eigenvalue weighted by Crippen LogP contribution is 2.33. The fourth-order valence-electron chi connectivity index (χ4n) is 3.17. The van der Waals surface area contributed by atoms with Crippen LogP contribution in [0.5, 0.6) is 0 Å². The third kappa shape index (κ3) is 3.57. The summed E-state index contributed by atoms with van der Waals surface area (Å²) in [6.07, 6.45) is 1.52. The molecule has 0 saturated heterocycles. The van der Waals surface area contributed by atoms with E-state index in [1.54, 1.807) is 23.7 Å². The molecule has 0 unspecified atom stereocenters. The van der Waals surface area contributed by atoms with Gasteiger partial charge in [-0.15, -0.1) is 0 Å². The van der Waals surface area contributed by atoms with Crippen molar-refractivity contribution in [2.75, 3.05) is 5.32 Å². The molecular weight excluding hydrogens is 409 g/mol. The molecule has 0 atom stereocenters. The molecule has 4 rings (SSSR count). The van der Waals surface area contributed by atoms with Crippen LogP contribution in [0.4, 0.5) is 10.1 Å². The maximum Gasteiger partial charge on any atom is 0.261 e. The zero-order valence-electron chi connectivity index (χ0n) is 16.4. The Hall–Kier alpha value is -3.52. The Kier molecular flexibility index (Phi) is 5.09. The molecule has 0 aliphatic heterocycles. The van der Waals surface area contributed by atoms with Crippen molar-refractivity contribution in [2.45, 2.75) is 20.8 Å². The SMILES string of the molecule is Cc1cc(C)n(-c2ccc(NC(=O)c3c(-c4c(F)cccc4Cl)noc3C)cn2)n1. The molecule has 0 radical (unpaired) electrons. The van der Waals surface area contributed by atoms with E-state index >= 15 is 0 Å². The van der Waals surface area contributed by atoms with Gasteiger partial charge in [0.25, 0.3) is 5.91 Å². The Labute approximate surface area is 176 Å². The van der Waals surface area contributed by atoms with Gasteiger partial charge in [0.2, 0.25) is 0 Å². The summed E-state index contributed by atoms with van der Waals surface area (Å²) in [7, 11) is 0. The Balaban J connectivity index is 1.62. The van der Waals surface area contributed by atoms with Crippen molar-refractivity contribution in [1.29, 1.82) is 0 Å². The fourth-order valence-corrected chi connectivity index (χ4v) is 3.43. The van der Waals surface area contributed by atoms with Gasteiger partial charge in [-0.25, -0.2) is 14.1 Å². The van der Waals surface area contributed by atoms with Gasteiger partial charge in [0.05, 0.1) is 28.2 Å². The molecule has 0 aliphatic rings. The van der Waals surface area contributed by atoms with Crippen LogP contribution in [0.2, 0.25) is 5.02 Å². The number of rotatable bonds is 4. The molecule has 7 nitrogen and oxygen atoms in total. The van der Waals surface area contributed by atoms with Crippen molar-refractivity contribution >= 4 is 23.2 Å². The molecule has 152 valence electrons. The third-order valence-electron chi connectivity index (χ3n) is 4.52. The molecule has 0 aliphatic carbocycles. The van der Waals surface area contributed by atoms with Crippen molar-refractivity contribution in [3.8, 4) is 17.1 Å². The molecule has 1 N–H and O–H groups in total. The summed E-state index contributed by atoms with van der Waals surface area (Å²) < 4.78 is 21.2. The van der Waals surface area contributed by atoms with Crippen molar-refractivity contribution in [1.82, 2.24) is 19.9 Å². The highest BCUT2D eigenvalue weighted by Gasteiger charge is 2.25. The number of carbonyl (C=O) groups is 1. The predicted octanol–water partition coefficient (Wildman–Crippen LogP) is 4.89. The molecule has 4 aromatic rings. The van der Waals surface area contributed by atoms with Crippen molar-refractivity contribution in [2.24, 2.45) is 0 Å². The molecule has 3 heterocycles. The number of carbonyl (C=O) groups excluding carboxylic acids is 1. The van der Waals surface area contributed by atoms with Gasteiger partial charge in [-0.3, -0.25) is 4.79 Å². The summed E-state index contributed by atoms with van der Waals surface area (Å²) in [5.41, 5.74) is 2.44. The molecule has 0 spiro atoms. The van der Waals surface area contributed by atoms with E-state index in [-0.39, 0.29) is 27.6 Å². The number of benzene rings is 1. The monoisotopic (exact) mass is 425 g/mol. The summed E-state index contributed by atoms with van der Waals surface area (Å²) in [5, 5.41) is 11.1. The number of anilines is 1. The predicted molar refractivity (Wildman–Crippen MR) is 110 cm³/mol. The number of nitrogens with zero attached hydrogens (tertiary/aromatic N) is 4. The summed E-state index contributed by atoms with van der Waals surface area (Å²) >= 11 is 6.13. The van der Waals surface area contributed by atoms with E-state index in [0.717, 1.165) is 11.4 Å². The summed E-state index contributed by atoms with van der Waals surface area (Å²) in [6.45, 7) is 5.41. The van der Waals surface area contributed by atoms with E-state index in [1.807, 2.05) is 19.9 Å². The highest BCUT2D eigenvalue weighted by atomic mass is 35.5. The second kappa shape index (κ2) is 7.72. The third-order valence-corrected chi connectivity index (χ3v) is 4.84. The lowest BCUT2D eigenvalue weighted by Crippen LogP contribution is -2.14. The van der Waals surface area contributed by atoms with E-state index in [1.165, 1.54) is 24.4 Å². The quantitative estimate of drug-likeness (QED) is 0.503. The van der Waals surface area contributed by atoms with Crippen LogP contribution in [0.25, 0.3) is 17.1 Å². The van der Waals surface area contributed by atoms with E-state index in [2.05, 4.69) is 20.6 Å². The number of hydrogen-bond donors (Lipinski definition) is 1. The fraction of sp³-hybridized carbons (Fsp3) is 0.143. The van der Waals surface area contributed by atoms with Gasteiger partial charge in [-0.05, 0) is 51.1 Å². The number of pyridine rings is 1. The van der Waals surface area contributed by atoms with Crippen LogP contribution in [0.15, 0.2) is 47.1 Å². The normalized spacial score (nSPS) is 11.0. The van der Waals surface area contributed by atoms with Crippen LogP contribution in [-0.2, 0) is 0 Å². The lowest BCUT2D eigenvalue weighted by molar-refractivity contribution is 0.102. The van der Waals surface area contributed by atoms with Crippen LogP contribution < -0.4 is 5.32 Å². The second-order valence-electron chi connectivity index (χ2n) is 6.76. The van der Waals surface area contributed by atoms with Gasteiger partial charge in [-0.1, -0.05) is 22.8 Å². The van der Waals surface area contributed by atoms with E-state index in [0.29, 0.717) is 11.5 Å². The first-order valence-electron chi connectivity index (χ1n) is 9.07. The van der Waals surface area contributed by atoms with Crippen LogP contribution >= 0.6 is 11.6 Å². The lowest BCUT2D eigenvalue weighted by Gasteiger charge is -2.08. The molecule has 0 fully saturated rings. The number of halogens is 2. The first-order valence-corrected chi connectivity index (χ1v) is 9.44. The Morgan fingerprint density at radius 3 is 2.63 bits per heavy atom. The van der Waals surface area contributed by atoms with Gasteiger partial charge in [-0.2, -0.15) is 5.10 Å². The zero-order valence-corrected chi connectivity index (χ0v) is 17.2. The average Bonchev–Trinajstić information content (AvgIpc) is 3.24. The minimum Gasteiger partial charge on any atom is -0.360 e. The molecule has 9 heteroatoms. The zero-order chi connectivity index (χ0) is 21.4. The maximum absolute atomic E-state index is 14.3. The number of aromatic nitrogens is 4. The molecule has 0 bridgehead atoms. The van der Waals surface area contributed by atoms with Crippen LogP contribution in [0.3, 0.4) is 0 Å². The summed E-state index contributed by atoms with van der Waals surface area (Å²) in [6, 6.07) is 9.63. The van der Waals surface area contributed by atoms with Gasteiger partial charge in [0.15, 0.2) is 5.82 Å². The summed E-state index contributed by atoms with van der Waals surface area (Å²) in [5.74, 6) is -0.239. The first-order chi connectivity index (χ1) is 14.3. The number of hydrogen-bond acceptors (Lipinski definition) is 5. The first kappa shape index (κ1) is 19.8. The van der Waals surface area contributed by atoms with E-state index in [9.17, 15) is 9.18 Å². The molecular formula is C21H17ClFN5O2. The van der Waals surface area contributed by atoms with E-state index in [4.69, 9.17) is 16.1 Å². The van der Waals surface area contributed by atoms with Crippen LogP contribution in [0.1, 0.15) is 27.5 Å². The molecule has 30 heavy (non-hydrogen) atoms. The minimum atomic E-state index is -0.597. The minimum absolute atomic E-state index is 0.0131. The van der Waals surface area contributed by atoms with Crippen molar-refractivity contribution in [3.05, 3.63) is 76.1 Å². The Bertz CT molecular complexity index is 1230.